The first-order chi connectivity index (χ1) is 10.1. The molecule has 6 heteroatoms. The second kappa shape index (κ2) is 8.22. The third kappa shape index (κ3) is 5.53. The monoisotopic (exact) mass is 313 g/mol. The van der Waals surface area contributed by atoms with Crippen LogP contribution in [0, 0.1) is 0 Å². The van der Waals surface area contributed by atoms with E-state index in [1.54, 1.807) is 31.2 Å². The minimum absolute atomic E-state index is 0.109. The minimum atomic E-state index is -0.539. The van der Waals surface area contributed by atoms with Crippen molar-refractivity contribution in [2.75, 3.05) is 39.4 Å². The zero-order valence-electron chi connectivity index (χ0n) is 12.2. The van der Waals surface area contributed by atoms with Crippen LogP contribution < -0.4 is 15.0 Å². The van der Waals surface area contributed by atoms with Gasteiger partial charge in [0.2, 0.25) is 0 Å². The summed E-state index contributed by atoms with van der Waals surface area (Å²) < 4.78 is 10.9. The van der Waals surface area contributed by atoms with Gasteiger partial charge in [0, 0.05) is 5.02 Å². The smallest absolute Gasteiger partial charge is 0.260 e. The summed E-state index contributed by atoms with van der Waals surface area (Å²) in [6.45, 7) is 6.91. The molecule has 1 amide bonds. The number of rotatable bonds is 6. The number of benzene rings is 1. The molecule has 0 saturated carbocycles. The van der Waals surface area contributed by atoms with Gasteiger partial charge in [-0.3, -0.25) is 4.79 Å². The van der Waals surface area contributed by atoms with Gasteiger partial charge in [0.05, 0.1) is 26.3 Å². The van der Waals surface area contributed by atoms with Gasteiger partial charge < -0.3 is 19.7 Å². The molecule has 116 valence electrons. The zero-order valence-corrected chi connectivity index (χ0v) is 13.0. The second-order valence-corrected chi connectivity index (χ2v) is 5.56. The highest BCUT2D eigenvalue weighted by Crippen LogP contribution is 2.18. The number of carbonyl (C=O) groups excluding carboxylic acids is 1. The molecule has 1 fully saturated rings. The number of carbonyl (C=O) groups is 1. The average molecular weight is 314 g/mol. The maximum absolute atomic E-state index is 12.0. The van der Waals surface area contributed by atoms with Gasteiger partial charge in [0.1, 0.15) is 18.8 Å². The second-order valence-electron chi connectivity index (χ2n) is 5.12. The number of nitrogens with one attached hydrogen (secondary N) is 2. The van der Waals surface area contributed by atoms with Crippen LogP contribution >= 0.6 is 11.6 Å². The van der Waals surface area contributed by atoms with Crippen LogP contribution in [0.2, 0.25) is 5.02 Å². The number of halogens is 1. The van der Waals surface area contributed by atoms with Crippen molar-refractivity contribution >= 4 is 17.5 Å². The van der Waals surface area contributed by atoms with Gasteiger partial charge in [-0.05, 0) is 25.1 Å². The first kappa shape index (κ1) is 16.1. The van der Waals surface area contributed by atoms with Crippen molar-refractivity contribution in [3.05, 3.63) is 29.3 Å². The van der Waals surface area contributed by atoms with Crippen LogP contribution in [-0.2, 0) is 9.53 Å². The topological polar surface area (TPSA) is 52.0 Å². The van der Waals surface area contributed by atoms with Crippen LogP contribution in [0.15, 0.2) is 24.3 Å². The van der Waals surface area contributed by atoms with Gasteiger partial charge in [0.15, 0.2) is 6.10 Å². The normalized spacial score (nSPS) is 17.2. The lowest BCUT2D eigenvalue weighted by molar-refractivity contribution is -0.906. The van der Waals surface area contributed by atoms with Crippen molar-refractivity contribution in [3.63, 3.8) is 0 Å². The largest absolute Gasteiger partial charge is 0.481 e. The molecule has 0 spiro atoms. The van der Waals surface area contributed by atoms with Gasteiger partial charge in [-0.2, -0.15) is 0 Å². The molecule has 1 unspecified atom stereocenters. The van der Waals surface area contributed by atoms with E-state index in [0.717, 1.165) is 32.8 Å². The lowest BCUT2D eigenvalue weighted by Gasteiger charge is -2.24. The van der Waals surface area contributed by atoms with E-state index in [1.807, 2.05) is 0 Å². The average Bonchev–Trinajstić information content (AvgIpc) is 2.48. The molecular weight excluding hydrogens is 292 g/mol. The third-order valence-corrected chi connectivity index (χ3v) is 3.69. The molecule has 1 aromatic rings. The lowest BCUT2D eigenvalue weighted by Crippen LogP contribution is -3.14. The Labute approximate surface area is 130 Å². The van der Waals surface area contributed by atoms with Crippen LogP contribution in [0.3, 0.4) is 0 Å². The number of quaternary nitrogens is 1. The van der Waals surface area contributed by atoms with Crippen molar-refractivity contribution in [2.24, 2.45) is 0 Å². The summed E-state index contributed by atoms with van der Waals surface area (Å²) >= 11 is 5.88. The summed E-state index contributed by atoms with van der Waals surface area (Å²) in [5, 5.41) is 3.50. The van der Waals surface area contributed by atoms with Crippen LogP contribution in [0.4, 0.5) is 0 Å². The Morgan fingerprint density at radius 2 is 2.24 bits per heavy atom. The molecule has 2 rings (SSSR count). The fourth-order valence-electron chi connectivity index (χ4n) is 2.21. The van der Waals surface area contributed by atoms with Gasteiger partial charge in [0.25, 0.3) is 5.91 Å². The Hall–Kier alpha value is -1.30. The number of amides is 1. The van der Waals surface area contributed by atoms with Crippen molar-refractivity contribution in [1.29, 1.82) is 0 Å². The predicted octanol–water partition coefficient (Wildman–Crippen LogP) is 0.139. The molecule has 21 heavy (non-hydrogen) atoms. The molecule has 0 radical (unpaired) electrons. The van der Waals surface area contributed by atoms with E-state index in [4.69, 9.17) is 21.1 Å². The summed E-state index contributed by atoms with van der Waals surface area (Å²) in [5.74, 6) is 0.492. The highest BCUT2D eigenvalue weighted by Gasteiger charge is 2.17. The lowest BCUT2D eigenvalue weighted by atomic mass is 10.3. The van der Waals surface area contributed by atoms with E-state index in [2.05, 4.69) is 5.32 Å². The van der Waals surface area contributed by atoms with E-state index in [0.29, 0.717) is 17.3 Å². The van der Waals surface area contributed by atoms with Crippen LogP contribution in [-0.4, -0.2) is 51.4 Å². The van der Waals surface area contributed by atoms with Crippen molar-refractivity contribution < 1.29 is 19.2 Å². The molecule has 0 bridgehead atoms. The number of ether oxygens (including phenoxy) is 2. The standard InChI is InChI=1S/C15H21ClN2O3/c1-12(21-14-4-2-3-13(16)11-14)15(19)17-5-6-18-7-9-20-10-8-18/h2-4,11-12H,5-10H2,1H3,(H,17,19)/p+1. The van der Waals surface area contributed by atoms with E-state index < -0.39 is 6.10 Å². The molecule has 1 saturated heterocycles. The first-order valence-electron chi connectivity index (χ1n) is 7.26. The predicted molar refractivity (Wildman–Crippen MR) is 80.9 cm³/mol. The van der Waals surface area contributed by atoms with Crippen molar-refractivity contribution in [2.45, 2.75) is 13.0 Å². The third-order valence-electron chi connectivity index (χ3n) is 3.46. The number of morpholine rings is 1. The molecule has 1 heterocycles. The van der Waals surface area contributed by atoms with Gasteiger partial charge in [-0.1, -0.05) is 17.7 Å². The number of hydrogen-bond acceptors (Lipinski definition) is 3. The van der Waals surface area contributed by atoms with Crippen LogP contribution in [0.1, 0.15) is 6.92 Å². The van der Waals surface area contributed by atoms with Gasteiger partial charge >= 0.3 is 0 Å². The molecule has 1 aromatic carbocycles. The van der Waals surface area contributed by atoms with Crippen LogP contribution in [0.5, 0.6) is 5.75 Å². The molecule has 1 atom stereocenters. The minimum Gasteiger partial charge on any atom is -0.481 e. The fourth-order valence-corrected chi connectivity index (χ4v) is 2.39. The molecule has 1 aliphatic heterocycles. The molecule has 2 N–H and O–H groups in total. The summed E-state index contributed by atoms with van der Waals surface area (Å²) in [7, 11) is 0. The van der Waals surface area contributed by atoms with Crippen molar-refractivity contribution in [3.8, 4) is 5.75 Å². The van der Waals surface area contributed by atoms with E-state index >= 15 is 0 Å². The Morgan fingerprint density at radius 3 is 2.95 bits per heavy atom. The number of hydrogen-bond donors (Lipinski definition) is 2. The summed E-state index contributed by atoms with van der Waals surface area (Å²) in [6, 6.07) is 7.05. The maximum Gasteiger partial charge on any atom is 0.260 e. The van der Waals surface area contributed by atoms with Crippen molar-refractivity contribution in [1.82, 2.24) is 5.32 Å². The Morgan fingerprint density at radius 1 is 1.48 bits per heavy atom. The summed E-state index contributed by atoms with van der Waals surface area (Å²) in [5.41, 5.74) is 0. The Balaban J connectivity index is 1.69. The quantitative estimate of drug-likeness (QED) is 0.785. The highest BCUT2D eigenvalue weighted by molar-refractivity contribution is 6.30. The Kier molecular flexibility index (Phi) is 6.29. The van der Waals surface area contributed by atoms with Crippen LogP contribution in [0.25, 0.3) is 0 Å². The molecule has 1 aliphatic rings. The van der Waals surface area contributed by atoms with Gasteiger partial charge in [-0.15, -0.1) is 0 Å². The summed E-state index contributed by atoms with van der Waals surface area (Å²) in [6.07, 6.45) is -0.539. The summed E-state index contributed by atoms with van der Waals surface area (Å²) in [4.78, 5) is 13.4. The molecular formula is C15H22ClN2O3+. The molecule has 0 aliphatic carbocycles. The zero-order chi connectivity index (χ0) is 15.1. The SMILES string of the molecule is CC(Oc1cccc(Cl)c1)C(=O)NCC[NH+]1CCOCC1. The maximum atomic E-state index is 12.0. The van der Waals surface area contributed by atoms with E-state index in [-0.39, 0.29) is 5.91 Å². The highest BCUT2D eigenvalue weighted by atomic mass is 35.5. The first-order valence-corrected chi connectivity index (χ1v) is 7.64. The van der Waals surface area contributed by atoms with Gasteiger partial charge in [-0.25, -0.2) is 0 Å². The Bertz CT molecular complexity index is 464. The fraction of sp³-hybridized carbons (Fsp3) is 0.533. The molecule has 5 nitrogen and oxygen atoms in total. The van der Waals surface area contributed by atoms with E-state index in [9.17, 15) is 4.79 Å². The van der Waals surface area contributed by atoms with E-state index in [1.165, 1.54) is 4.90 Å². The molecule has 0 aromatic heterocycles.